The first-order chi connectivity index (χ1) is 8.81. The fraction of sp³-hybridized carbons (Fsp3) is 0.692. The molecule has 5 heteroatoms. The van der Waals surface area contributed by atoms with Gasteiger partial charge in [0.05, 0.1) is 7.11 Å². The number of oxazole rings is 1. The summed E-state index contributed by atoms with van der Waals surface area (Å²) in [7, 11) is 1.46. The molecule has 18 heavy (non-hydrogen) atoms. The predicted octanol–water partition coefficient (Wildman–Crippen LogP) is 3.33. The third kappa shape index (κ3) is 4.66. The molecule has 0 saturated heterocycles. The van der Waals surface area contributed by atoms with Crippen LogP contribution in [-0.4, -0.2) is 18.6 Å². The van der Waals surface area contributed by atoms with Crippen LogP contribution in [0, 0.1) is 11.3 Å². The Hall–Kier alpha value is -1.70. The van der Waals surface area contributed by atoms with Gasteiger partial charge in [-0.1, -0.05) is 39.0 Å². The molecule has 100 valence electrons. The van der Waals surface area contributed by atoms with Crippen LogP contribution in [0.15, 0.2) is 4.42 Å². The quantitative estimate of drug-likeness (QED) is 0.681. The smallest absolute Gasteiger partial charge is 0.325 e. The van der Waals surface area contributed by atoms with Crippen molar-refractivity contribution in [2.24, 2.45) is 0 Å². The summed E-state index contributed by atoms with van der Waals surface area (Å²) in [5.74, 6) is 0.169. The Labute approximate surface area is 108 Å². The van der Waals surface area contributed by atoms with Gasteiger partial charge in [-0.3, -0.25) is 0 Å². The number of hydrogen-bond acceptors (Lipinski definition) is 5. The van der Waals surface area contributed by atoms with Crippen LogP contribution in [0.1, 0.15) is 51.1 Å². The number of anilines is 1. The van der Waals surface area contributed by atoms with Crippen molar-refractivity contribution in [2.45, 2.75) is 45.4 Å². The molecule has 0 amide bonds. The van der Waals surface area contributed by atoms with Crippen molar-refractivity contribution in [3.63, 3.8) is 0 Å². The Bertz CT molecular complexity index is 382. The van der Waals surface area contributed by atoms with E-state index in [4.69, 9.17) is 14.4 Å². The molecule has 0 fully saturated rings. The van der Waals surface area contributed by atoms with Crippen molar-refractivity contribution in [3.8, 4) is 12.0 Å². The summed E-state index contributed by atoms with van der Waals surface area (Å²) >= 11 is 0. The molecule has 1 heterocycles. The van der Waals surface area contributed by atoms with Gasteiger partial charge >= 0.3 is 5.95 Å². The highest BCUT2D eigenvalue weighted by atomic mass is 16.6. The van der Waals surface area contributed by atoms with Crippen LogP contribution in [0.3, 0.4) is 0 Å². The van der Waals surface area contributed by atoms with E-state index < -0.39 is 0 Å². The highest BCUT2D eigenvalue weighted by Crippen LogP contribution is 2.21. The van der Waals surface area contributed by atoms with Gasteiger partial charge in [-0.25, -0.2) is 0 Å². The van der Waals surface area contributed by atoms with Crippen molar-refractivity contribution >= 4 is 6.01 Å². The number of nitriles is 1. The van der Waals surface area contributed by atoms with Crippen molar-refractivity contribution in [3.05, 3.63) is 5.69 Å². The molecule has 0 bridgehead atoms. The molecule has 0 spiro atoms. The van der Waals surface area contributed by atoms with Crippen LogP contribution in [-0.2, 0) is 0 Å². The van der Waals surface area contributed by atoms with Gasteiger partial charge in [0.25, 0.3) is 6.01 Å². The monoisotopic (exact) mass is 251 g/mol. The first-order valence-corrected chi connectivity index (χ1v) is 6.50. The third-order valence-corrected chi connectivity index (χ3v) is 2.69. The average Bonchev–Trinajstić information content (AvgIpc) is 2.80. The third-order valence-electron chi connectivity index (χ3n) is 2.69. The molecule has 0 aliphatic carbocycles. The fourth-order valence-electron chi connectivity index (χ4n) is 1.69. The summed E-state index contributed by atoms with van der Waals surface area (Å²) in [5.41, 5.74) is 0.183. The Morgan fingerprint density at radius 1 is 1.28 bits per heavy atom. The van der Waals surface area contributed by atoms with Gasteiger partial charge in [0.2, 0.25) is 5.69 Å². The molecule has 0 saturated carbocycles. The maximum Gasteiger partial charge on any atom is 0.325 e. The highest BCUT2D eigenvalue weighted by Gasteiger charge is 2.12. The highest BCUT2D eigenvalue weighted by molar-refractivity contribution is 5.36. The molecule has 0 unspecified atom stereocenters. The molecule has 1 rings (SSSR count). The summed E-state index contributed by atoms with van der Waals surface area (Å²) in [6, 6.07) is 2.28. The Balaban J connectivity index is 2.19. The molecule has 0 aliphatic heterocycles. The van der Waals surface area contributed by atoms with E-state index in [9.17, 15) is 0 Å². The maximum atomic E-state index is 8.77. The second kappa shape index (κ2) is 8.40. The van der Waals surface area contributed by atoms with Crippen LogP contribution >= 0.6 is 0 Å². The van der Waals surface area contributed by atoms with Gasteiger partial charge in [-0.15, -0.1) is 0 Å². The van der Waals surface area contributed by atoms with Crippen LogP contribution in [0.25, 0.3) is 0 Å². The molecule has 1 aromatic rings. The largest absolute Gasteiger partial charge is 0.466 e. The van der Waals surface area contributed by atoms with Crippen LogP contribution < -0.4 is 10.1 Å². The van der Waals surface area contributed by atoms with E-state index >= 15 is 0 Å². The standard InChI is InChI=1S/C13H21N3O2/c1-3-4-5-6-7-8-9-15-13-16-11(10-14)12(17-2)18-13/h3-9H2,1-2H3,(H,15,16). The number of nitrogens with one attached hydrogen (secondary N) is 1. The average molecular weight is 251 g/mol. The molecule has 0 aliphatic rings. The van der Waals surface area contributed by atoms with Crippen LogP contribution in [0.4, 0.5) is 6.01 Å². The van der Waals surface area contributed by atoms with Gasteiger partial charge in [-0.2, -0.15) is 10.2 Å². The Kier molecular flexibility index (Phi) is 6.70. The summed E-state index contributed by atoms with van der Waals surface area (Å²) in [5, 5.41) is 11.8. The van der Waals surface area contributed by atoms with E-state index in [0.29, 0.717) is 6.01 Å². The Morgan fingerprint density at radius 3 is 2.61 bits per heavy atom. The predicted molar refractivity (Wildman–Crippen MR) is 69.6 cm³/mol. The van der Waals surface area contributed by atoms with Gasteiger partial charge in [-0.05, 0) is 6.42 Å². The van der Waals surface area contributed by atoms with Crippen LogP contribution in [0.5, 0.6) is 5.95 Å². The minimum absolute atomic E-state index is 0.169. The van der Waals surface area contributed by atoms with Gasteiger partial charge in [0.15, 0.2) is 0 Å². The van der Waals surface area contributed by atoms with E-state index in [0.717, 1.165) is 13.0 Å². The zero-order valence-electron chi connectivity index (χ0n) is 11.2. The van der Waals surface area contributed by atoms with Crippen molar-refractivity contribution in [1.82, 2.24) is 4.98 Å². The zero-order valence-corrected chi connectivity index (χ0v) is 11.2. The Morgan fingerprint density at radius 2 is 2.00 bits per heavy atom. The summed E-state index contributed by atoms with van der Waals surface area (Å²) < 4.78 is 10.1. The topological polar surface area (TPSA) is 71.1 Å². The molecule has 1 N–H and O–H groups in total. The number of ether oxygens (including phenoxy) is 1. The number of aromatic nitrogens is 1. The van der Waals surface area contributed by atoms with Crippen molar-refractivity contribution in [1.29, 1.82) is 5.26 Å². The number of methoxy groups -OCH3 is 1. The minimum Gasteiger partial charge on any atom is -0.466 e. The van der Waals surface area contributed by atoms with Gasteiger partial charge < -0.3 is 14.5 Å². The molecule has 5 nitrogen and oxygen atoms in total. The second-order valence-corrected chi connectivity index (χ2v) is 4.17. The molecular weight excluding hydrogens is 230 g/mol. The lowest BCUT2D eigenvalue weighted by Gasteiger charge is -2.01. The first kappa shape index (κ1) is 14.4. The number of hydrogen-bond donors (Lipinski definition) is 1. The van der Waals surface area contributed by atoms with Crippen LogP contribution in [0.2, 0.25) is 0 Å². The minimum atomic E-state index is 0.169. The fourth-order valence-corrected chi connectivity index (χ4v) is 1.69. The normalized spacial score (nSPS) is 10.1. The SMILES string of the molecule is CCCCCCCCNc1nc(C#N)c(OC)o1. The second-order valence-electron chi connectivity index (χ2n) is 4.17. The van der Waals surface area contributed by atoms with Gasteiger partial charge in [0.1, 0.15) is 6.07 Å². The molecular formula is C13H21N3O2. The lowest BCUT2D eigenvalue weighted by Crippen LogP contribution is -2.01. The van der Waals surface area contributed by atoms with E-state index in [1.165, 1.54) is 39.2 Å². The number of unbranched alkanes of at least 4 members (excludes halogenated alkanes) is 5. The number of rotatable bonds is 9. The maximum absolute atomic E-state index is 8.77. The van der Waals surface area contributed by atoms with E-state index in [-0.39, 0.29) is 11.6 Å². The summed E-state index contributed by atoms with van der Waals surface area (Å²) in [6.45, 7) is 3.02. The first-order valence-electron chi connectivity index (χ1n) is 6.50. The summed E-state index contributed by atoms with van der Waals surface area (Å²) in [6.07, 6.45) is 7.45. The van der Waals surface area contributed by atoms with Crippen molar-refractivity contribution < 1.29 is 9.15 Å². The molecule has 1 aromatic heterocycles. The van der Waals surface area contributed by atoms with Gasteiger partial charge in [0, 0.05) is 6.54 Å². The van der Waals surface area contributed by atoms with Crippen molar-refractivity contribution in [2.75, 3.05) is 19.0 Å². The summed E-state index contributed by atoms with van der Waals surface area (Å²) in [4.78, 5) is 3.98. The lowest BCUT2D eigenvalue weighted by molar-refractivity contribution is 0.308. The molecule has 0 aromatic carbocycles. The lowest BCUT2D eigenvalue weighted by atomic mass is 10.1. The zero-order chi connectivity index (χ0) is 13.2. The van der Waals surface area contributed by atoms with E-state index in [1.54, 1.807) is 0 Å². The van der Waals surface area contributed by atoms with E-state index in [1.807, 2.05) is 6.07 Å². The molecule has 0 radical (unpaired) electrons. The molecule has 0 atom stereocenters. The number of nitrogens with zero attached hydrogens (tertiary/aromatic N) is 2. The van der Waals surface area contributed by atoms with E-state index in [2.05, 4.69) is 17.2 Å².